The fourth-order valence-electron chi connectivity index (χ4n) is 3.22. The molecule has 0 aromatic heterocycles. The quantitative estimate of drug-likeness (QED) is 0.665. The number of allylic oxidation sites excluding steroid dienone is 2. The first-order chi connectivity index (χ1) is 10.4. The zero-order chi connectivity index (χ0) is 14.4. The van der Waals surface area contributed by atoms with E-state index in [4.69, 9.17) is 0 Å². The Balaban J connectivity index is 1.85. The predicted octanol–water partition coefficient (Wildman–Crippen LogP) is 5.28. The van der Waals surface area contributed by atoms with Crippen LogP contribution in [0, 0.1) is 11.8 Å². The largest absolute Gasteiger partial charge is 0.0885 e. The SMILES string of the molecule is [C]1CCC=CCC1(Cc1ccccc1)Cc1ccccc1. The summed E-state index contributed by atoms with van der Waals surface area (Å²) >= 11 is 0. The highest BCUT2D eigenvalue weighted by molar-refractivity contribution is 5.24. The van der Waals surface area contributed by atoms with E-state index < -0.39 is 0 Å². The molecule has 0 bridgehead atoms. The second kappa shape index (κ2) is 6.76. The molecule has 106 valence electrons. The summed E-state index contributed by atoms with van der Waals surface area (Å²) in [5, 5.41) is 0. The summed E-state index contributed by atoms with van der Waals surface area (Å²) in [4.78, 5) is 0. The van der Waals surface area contributed by atoms with Crippen LogP contribution in [0.1, 0.15) is 30.4 Å². The van der Waals surface area contributed by atoms with Gasteiger partial charge >= 0.3 is 0 Å². The molecule has 0 atom stereocenters. The summed E-state index contributed by atoms with van der Waals surface area (Å²) in [6, 6.07) is 21.7. The van der Waals surface area contributed by atoms with E-state index in [1.165, 1.54) is 11.1 Å². The van der Waals surface area contributed by atoms with E-state index >= 15 is 0 Å². The van der Waals surface area contributed by atoms with E-state index in [1.54, 1.807) is 0 Å². The van der Waals surface area contributed by atoms with Crippen molar-refractivity contribution in [2.24, 2.45) is 5.41 Å². The minimum absolute atomic E-state index is 0.135. The second-order valence-electron chi connectivity index (χ2n) is 6.00. The molecule has 2 aromatic rings. The Kier molecular flexibility index (Phi) is 4.55. The van der Waals surface area contributed by atoms with E-state index in [0.29, 0.717) is 0 Å². The third-order valence-electron chi connectivity index (χ3n) is 4.26. The summed E-state index contributed by atoms with van der Waals surface area (Å²) < 4.78 is 0. The fourth-order valence-corrected chi connectivity index (χ4v) is 3.22. The van der Waals surface area contributed by atoms with Crippen LogP contribution in [-0.4, -0.2) is 0 Å². The van der Waals surface area contributed by atoms with Crippen molar-refractivity contribution < 1.29 is 0 Å². The van der Waals surface area contributed by atoms with Crippen LogP contribution in [0.4, 0.5) is 0 Å². The molecule has 0 amide bonds. The van der Waals surface area contributed by atoms with E-state index in [9.17, 15) is 0 Å². The summed E-state index contributed by atoms with van der Waals surface area (Å²) in [7, 11) is 0. The number of hydrogen-bond donors (Lipinski definition) is 0. The first-order valence-corrected chi connectivity index (χ1v) is 7.84. The average Bonchev–Trinajstić information content (AvgIpc) is 2.75. The Morgan fingerprint density at radius 1 is 0.762 bits per heavy atom. The Labute approximate surface area is 128 Å². The highest BCUT2D eigenvalue weighted by Gasteiger charge is 2.30. The zero-order valence-corrected chi connectivity index (χ0v) is 12.5. The monoisotopic (exact) mass is 274 g/mol. The predicted molar refractivity (Wildman–Crippen MR) is 89.0 cm³/mol. The van der Waals surface area contributed by atoms with Crippen LogP contribution in [0.5, 0.6) is 0 Å². The zero-order valence-electron chi connectivity index (χ0n) is 12.5. The lowest BCUT2D eigenvalue weighted by Gasteiger charge is -2.32. The minimum Gasteiger partial charge on any atom is -0.0885 e. The van der Waals surface area contributed by atoms with Crippen LogP contribution in [0.15, 0.2) is 72.8 Å². The maximum absolute atomic E-state index is 3.83. The molecular formula is C21H22. The molecular weight excluding hydrogens is 252 g/mol. The van der Waals surface area contributed by atoms with Gasteiger partial charge in [0.15, 0.2) is 0 Å². The van der Waals surface area contributed by atoms with Crippen molar-refractivity contribution in [1.82, 2.24) is 0 Å². The van der Waals surface area contributed by atoms with Crippen molar-refractivity contribution in [1.29, 1.82) is 0 Å². The topological polar surface area (TPSA) is 0 Å². The first kappa shape index (κ1) is 14.1. The van der Waals surface area contributed by atoms with Gasteiger partial charge in [0.2, 0.25) is 0 Å². The smallest absolute Gasteiger partial charge is 0.00928 e. The van der Waals surface area contributed by atoms with Gasteiger partial charge in [-0.25, -0.2) is 0 Å². The lowest BCUT2D eigenvalue weighted by Crippen LogP contribution is -2.26. The van der Waals surface area contributed by atoms with Crippen LogP contribution in [0.25, 0.3) is 0 Å². The van der Waals surface area contributed by atoms with E-state index in [-0.39, 0.29) is 5.41 Å². The molecule has 0 unspecified atom stereocenters. The molecule has 0 saturated heterocycles. The van der Waals surface area contributed by atoms with Gasteiger partial charge < -0.3 is 0 Å². The second-order valence-corrected chi connectivity index (χ2v) is 6.00. The Morgan fingerprint density at radius 2 is 1.33 bits per heavy atom. The Morgan fingerprint density at radius 3 is 1.90 bits per heavy atom. The first-order valence-electron chi connectivity index (χ1n) is 7.84. The van der Waals surface area contributed by atoms with Crippen molar-refractivity contribution in [3.8, 4) is 0 Å². The van der Waals surface area contributed by atoms with Gasteiger partial charge in [0.25, 0.3) is 0 Å². The fraction of sp³-hybridized carbons (Fsp3) is 0.286. The van der Waals surface area contributed by atoms with E-state index in [0.717, 1.165) is 32.1 Å². The molecule has 2 radical (unpaired) electrons. The molecule has 0 fully saturated rings. The van der Waals surface area contributed by atoms with Gasteiger partial charge in [-0.05, 0) is 55.1 Å². The normalized spacial score (nSPS) is 17.3. The molecule has 3 rings (SSSR count). The Hall–Kier alpha value is -1.82. The summed E-state index contributed by atoms with van der Waals surface area (Å²) in [5.41, 5.74) is 2.96. The molecule has 0 aliphatic heterocycles. The van der Waals surface area contributed by atoms with Crippen LogP contribution < -0.4 is 0 Å². The maximum atomic E-state index is 3.83. The molecule has 1 aliphatic carbocycles. The summed E-state index contributed by atoms with van der Waals surface area (Å²) in [6.07, 6.45) is 13.9. The van der Waals surface area contributed by atoms with Crippen molar-refractivity contribution in [2.75, 3.05) is 0 Å². The number of rotatable bonds is 4. The molecule has 1 aliphatic rings. The van der Waals surface area contributed by atoms with Gasteiger partial charge in [0, 0.05) is 0 Å². The minimum atomic E-state index is 0.135. The Bertz CT molecular complexity index is 524. The highest BCUT2D eigenvalue weighted by atomic mass is 14.3. The van der Waals surface area contributed by atoms with Crippen LogP contribution in [-0.2, 0) is 12.8 Å². The maximum Gasteiger partial charge on any atom is -0.00928 e. The van der Waals surface area contributed by atoms with Crippen molar-refractivity contribution in [3.63, 3.8) is 0 Å². The van der Waals surface area contributed by atoms with Gasteiger partial charge in [-0.3, -0.25) is 0 Å². The molecule has 0 nitrogen and oxygen atoms in total. The molecule has 0 N–H and O–H groups in total. The van der Waals surface area contributed by atoms with E-state index in [1.807, 2.05) is 0 Å². The van der Waals surface area contributed by atoms with Gasteiger partial charge in [-0.2, -0.15) is 0 Å². The van der Waals surface area contributed by atoms with Crippen molar-refractivity contribution in [2.45, 2.75) is 32.1 Å². The molecule has 0 heteroatoms. The highest BCUT2D eigenvalue weighted by Crippen LogP contribution is 2.38. The van der Waals surface area contributed by atoms with Crippen LogP contribution >= 0.6 is 0 Å². The molecule has 2 aromatic carbocycles. The van der Waals surface area contributed by atoms with Crippen LogP contribution in [0.2, 0.25) is 0 Å². The number of benzene rings is 2. The van der Waals surface area contributed by atoms with E-state index in [2.05, 4.69) is 79.2 Å². The van der Waals surface area contributed by atoms with Crippen molar-refractivity contribution in [3.05, 3.63) is 90.4 Å². The number of hydrogen-bond acceptors (Lipinski definition) is 0. The molecule has 0 spiro atoms. The molecule has 0 heterocycles. The third-order valence-corrected chi connectivity index (χ3v) is 4.26. The molecule has 0 saturated carbocycles. The average molecular weight is 274 g/mol. The van der Waals surface area contributed by atoms with Gasteiger partial charge in [-0.15, -0.1) is 0 Å². The standard InChI is InChI=1S/C21H22/c1-2-10-16-21(15-9-1,17-19-11-5-3-6-12-19)18-20-13-7-4-8-14-20/h1,3-9,11-14H,2,10,15,17-18H2. The van der Waals surface area contributed by atoms with Crippen LogP contribution in [0.3, 0.4) is 0 Å². The lowest BCUT2D eigenvalue weighted by atomic mass is 9.71. The summed E-state index contributed by atoms with van der Waals surface area (Å²) in [6.45, 7) is 0. The lowest BCUT2D eigenvalue weighted by molar-refractivity contribution is 0.339. The third kappa shape index (κ3) is 3.85. The van der Waals surface area contributed by atoms with Gasteiger partial charge in [0.1, 0.15) is 0 Å². The van der Waals surface area contributed by atoms with Crippen molar-refractivity contribution >= 4 is 0 Å². The molecule has 21 heavy (non-hydrogen) atoms. The van der Waals surface area contributed by atoms with Gasteiger partial charge in [0.05, 0.1) is 0 Å². The summed E-state index contributed by atoms with van der Waals surface area (Å²) in [5.74, 6) is 0. The van der Waals surface area contributed by atoms with Gasteiger partial charge in [-0.1, -0.05) is 72.8 Å².